The maximum absolute atomic E-state index is 11.8. The fraction of sp³-hybridized carbons (Fsp3) is 0.400. The number of benzene rings is 1. The zero-order valence-corrected chi connectivity index (χ0v) is 12.3. The van der Waals surface area contributed by atoms with Crippen molar-refractivity contribution in [2.24, 2.45) is 5.92 Å². The van der Waals surface area contributed by atoms with Crippen molar-refractivity contribution < 1.29 is 13.2 Å². The molecule has 5 heteroatoms. The van der Waals surface area contributed by atoms with Gasteiger partial charge >= 0.3 is 0 Å². The van der Waals surface area contributed by atoms with Crippen molar-refractivity contribution in [3.8, 4) is 0 Å². The lowest BCUT2D eigenvalue weighted by Gasteiger charge is -2.09. The van der Waals surface area contributed by atoms with E-state index in [4.69, 9.17) is 0 Å². The summed E-state index contributed by atoms with van der Waals surface area (Å²) in [6.07, 6.45) is 6.73. The summed E-state index contributed by atoms with van der Waals surface area (Å²) in [5.74, 6) is 0.370. The lowest BCUT2D eigenvalue weighted by molar-refractivity contribution is -0.116. The van der Waals surface area contributed by atoms with Gasteiger partial charge in [-0.2, -0.15) is 0 Å². The molecule has 0 aromatic heterocycles. The van der Waals surface area contributed by atoms with Gasteiger partial charge in [0.05, 0.1) is 10.6 Å². The third-order valence-electron chi connectivity index (χ3n) is 3.44. The topological polar surface area (TPSA) is 63.2 Å². The van der Waals surface area contributed by atoms with Gasteiger partial charge in [-0.15, -0.1) is 0 Å². The summed E-state index contributed by atoms with van der Waals surface area (Å²) < 4.78 is 23.3. The third kappa shape index (κ3) is 3.70. The summed E-state index contributed by atoms with van der Waals surface area (Å²) in [7, 11) is -3.18. The number of anilines is 1. The molecule has 0 heterocycles. The highest BCUT2D eigenvalue weighted by Gasteiger charge is 2.15. The average Bonchev–Trinajstić information content (AvgIpc) is 2.92. The van der Waals surface area contributed by atoms with E-state index in [9.17, 15) is 13.2 Å². The van der Waals surface area contributed by atoms with Crippen LogP contribution < -0.4 is 5.32 Å². The number of carbonyl (C=O) groups excluding carboxylic acids is 1. The highest BCUT2D eigenvalue weighted by molar-refractivity contribution is 7.91. The van der Waals surface area contributed by atoms with Gasteiger partial charge < -0.3 is 5.32 Å². The monoisotopic (exact) mass is 293 g/mol. The third-order valence-corrected chi connectivity index (χ3v) is 5.19. The summed E-state index contributed by atoms with van der Waals surface area (Å²) in [6, 6.07) is 6.32. The van der Waals surface area contributed by atoms with E-state index in [0.29, 0.717) is 18.0 Å². The van der Waals surface area contributed by atoms with Gasteiger partial charge in [-0.3, -0.25) is 4.79 Å². The predicted octanol–water partition coefficient (Wildman–Crippen LogP) is 2.78. The van der Waals surface area contributed by atoms with Crippen LogP contribution in [0.4, 0.5) is 5.69 Å². The Labute approximate surface area is 119 Å². The van der Waals surface area contributed by atoms with Gasteiger partial charge in [0.15, 0.2) is 9.84 Å². The van der Waals surface area contributed by atoms with Crippen molar-refractivity contribution in [1.82, 2.24) is 0 Å². The molecule has 0 unspecified atom stereocenters. The predicted molar refractivity (Wildman–Crippen MR) is 79.3 cm³/mol. The van der Waals surface area contributed by atoms with E-state index in [1.807, 2.05) is 0 Å². The number of sulfone groups is 1. The first kappa shape index (κ1) is 14.8. The van der Waals surface area contributed by atoms with Crippen LogP contribution in [0.5, 0.6) is 0 Å². The van der Waals surface area contributed by atoms with E-state index in [1.165, 1.54) is 12.1 Å². The van der Waals surface area contributed by atoms with Crippen molar-refractivity contribution in [3.63, 3.8) is 0 Å². The second-order valence-electron chi connectivity index (χ2n) is 4.95. The number of amides is 1. The van der Waals surface area contributed by atoms with Gasteiger partial charge in [0.1, 0.15) is 0 Å². The average molecular weight is 293 g/mol. The summed E-state index contributed by atoms with van der Waals surface area (Å²) >= 11 is 0. The second kappa shape index (κ2) is 6.22. The van der Waals surface area contributed by atoms with Crippen LogP contribution >= 0.6 is 0 Å². The number of rotatable bonds is 5. The molecule has 1 aliphatic carbocycles. The fourth-order valence-corrected chi connectivity index (χ4v) is 3.11. The van der Waals surface area contributed by atoms with E-state index < -0.39 is 9.84 Å². The van der Waals surface area contributed by atoms with Crippen molar-refractivity contribution >= 4 is 21.4 Å². The molecule has 1 amide bonds. The van der Waals surface area contributed by atoms with E-state index in [2.05, 4.69) is 17.5 Å². The number of allylic oxidation sites excluding steroid dienone is 2. The minimum atomic E-state index is -3.18. The molecule has 0 bridgehead atoms. The minimum Gasteiger partial charge on any atom is -0.326 e. The van der Waals surface area contributed by atoms with Crippen molar-refractivity contribution in [2.45, 2.75) is 31.1 Å². The van der Waals surface area contributed by atoms with Gasteiger partial charge in [0, 0.05) is 12.1 Å². The Bertz CT molecular complexity index is 603. The Morgan fingerprint density at radius 2 is 2.00 bits per heavy atom. The minimum absolute atomic E-state index is 0.0346. The Balaban J connectivity index is 1.96. The molecule has 1 atom stereocenters. The number of hydrogen-bond donors (Lipinski definition) is 1. The molecule has 1 aliphatic rings. The highest BCUT2D eigenvalue weighted by atomic mass is 32.2. The first-order valence-electron chi connectivity index (χ1n) is 6.80. The van der Waals surface area contributed by atoms with Crippen LogP contribution in [0.15, 0.2) is 41.3 Å². The molecule has 4 nitrogen and oxygen atoms in total. The van der Waals surface area contributed by atoms with Gasteiger partial charge in [-0.1, -0.05) is 19.1 Å². The molecule has 0 spiro atoms. The molecule has 0 saturated heterocycles. The fourth-order valence-electron chi connectivity index (χ4n) is 2.23. The van der Waals surface area contributed by atoms with Crippen molar-refractivity contribution in [3.05, 3.63) is 36.4 Å². The second-order valence-corrected chi connectivity index (χ2v) is 7.22. The number of nitrogens with one attached hydrogen (secondary N) is 1. The van der Waals surface area contributed by atoms with Gasteiger partial charge in [0.25, 0.3) is 0 Å². The van der Waals surface area contributed by atoms with E-state index >= 15 is 0 Å². The first-order valence-corrected chi connectivity index (χ1v) is 8.46. The van der Waals surface area contributed by atoms with Crippen molar-refractivity contribution in [2.75, 3.05) is 11.1 Å². The Hall–Kier alpha value is -1.62. The molecule has 20 heavy (non-hydrogen) atoms. The zero-order chi connectivity index (χ0) is 14.6. The van der Waals surface area contributed by atoms with Crippen LogP contribution in [0.25, 0.3) is 0 Å². The van der Waals surface area contributed by atoms with E-state index in [0.717, 1.165) is 12.8 Å². The standard InChI is InChI=1S/C15H19NO3S/c1-2-20(18,19)14-9-7-13(8-10-14)16-15(17)11-12-5-3-4-6-12/h3,5,7-10,12H,2,4,6,11H2,1H3,(H,16,17)/t12-/m1/s1. The van der Waals surface area contributed by atoms with Crippen LogP contribution in [0.2, 0.25) is 0 Å². The van der Waals surface area contributed by atoms with Crippen LogP contribution in [0, 0.1) is 5.92 Å². The molecule has 0 aliphatic heterocycles. The lowest BCUT2D eigenvalue weighted by atomic mass is 10.1. The summed E-state index contributed by atoms with van der Waals surface area (Å²) in [4.78, 5) is 12.1. The smallest absolute Gasteiger partial charge is 0.224 e. The summed E-state index contributed by atoms with van der Waals surface area (Å²) in [5.41, 5.74) is 0.632. The van der Waals surface area contributed by atoms with E-state index in [-0.39, 0.29) is 16.6 Å². The quantitative estimate of drug-likeness (QED) is 0.849. The molecular weight excluding hydrogens is 274 g/mol. The summed E-state index contributed by atoms with van der Waals surface area (Å²) in [6.45, 7) is 1.61. The van der Waals surface area contributed by atoms with Gasteiger partial charge in [-0.25, -0.2) is 8.42 Å². The SMILES string of the molecule is CCS(=O)(=O)c1ccc(NC(=O)C[C@@H]2C=CCC2)cc1. The maximum atomic E-state index is 11.8. The van der Waals surface area contributed by atoms with Crippen LogP contribution in [-0.2, 0) is 14.6 Å². The molecule has 0 radical (unpaired) electrons. The highest BCUT2D eigenvalue weighted by Crippen LogP contribution is 2.21. The molecule has 0 fully saturated rings. The normalized spacial score (nSPS) is 18.1. The Morgan fingerprint density at radius 1 is 1.30 bits per heavy atom. The number of carbonyl (C=O) groups is 1. The number of hydrogen-bond acceptors (Lipinski definition) is 3. The molecular formula is C15H19NO3S. The van der Waals surface area contributed by atoms with Gasteiger partial charge in [-0.05, 0) is 43.0 Å². The molecule has 108 valence electrons. The molecule has 1 aromatic carbocycles. The molecule has 1 N–H and O–H groups in total. The zero-order valence-electron chi connectivity index (χ0n) is 11.5. The largest absolute Gasteiger partial charge is 0.326 e. The van der Waals surface area contributed by atoms with Crippen LogP contribution in [0.3, 0.4) is 0 Å². The molecule has 0 saturated carbocycles. The van der Waals surface area contributed by atoms with E-state index in [1.54, 1.807) is 19.1 Å². The van der Waals surface area contributed by atoms with Crippen LogP contribution in [0.1, 0.15) is 26.2 Å². The molecule has 2 rings (SSSR count). The Morgan fingerprint density at radius 3 is 2.55 bits per heavy atom. The molecule has 1 aromatic rings. The summed E-state index contributed by atoms with van der Waals surface area (Å²) in [5, 5.41) is 2.80. The lowest BCUT2D eigenvalue weighted by Crippen LogP contribution is -2.14. The van der Waals surface area contributed by atoms with Gasteiger partial charge in [0.2, 0.25) is 5.91 Å². The maximum Gasteiger partial charge on any atom is 0.224 e. The van der Waals surface area contributed by atoms with Crippen molar-refractivity contribution in [1.29, 1.82) is 0 Å². The van der Waals surface area contributed by atoms with Crippen LogP contribution in [-0.4, -0.2) is 20.1 Å². The Kier molecular flexibility index (Phi) is 4.60. The first-order chi connectivity index (χ1) is 9.51.